The lowest BCUT2D eigenvalue weighted by atomic mass is 10.2. The Morgan fingerprint density at radius 1 is 1.48 bits per heavy atom. The first-order valence-electron chi connectivity index (χ1n) is 6.89. The SMILES string of the molecule is NC(CNC(=O)c1csc(-c2ccccc2F)n1)C1CC1. The van der Waals surface area contributed by atoms with Crippen molar-refractivity contribution in [2.75, 3.05) is 6.54 Å². The van der Waals surface area contributed by atoms with Crippen molar-refractivity contribution >= 4 is 17.2 Å². The smallest absolute Gasteiger partial charge is 0.270 e. The molecule has 1 aliphatic rings. The van der Waals surface area contributed by atoms with Gasteiger partial charge < -0.3 is 11.1 Å². The minimum atomic E-state index is -0.338. The number of aromatic nitrogens is 1. The Labute approximate surface area is 126 Å². The molecule has 3 rings (SSSR count). The van der Waals surface area contributed by atoms with Crippen LogP contribution in [0.15, 0.2) is 29.6 Å². The summed E-state index contributed by atoms with van der Waals surface area (Å²) in [5, 5.41) is 4.93. The van der Waals surface area contributed by atoms with E-state index in [2.05, 4.69) is 10.3 Å². The lowest BCUT2D eigenvalue weighted by Crippen LogP contribution is -2.38. The zero-order chi connectivity index (χ0) is 14.8. The number of benzene rings is 1. The number of hydrogen-bond donors (Lipinski definition) is 2. The van der Waals surface area contributed by atoms with Crippen molar-refractivity contribution in [1.29, 1.82) is 0 Å². The Kier molecular flexibility index (Phi) is 3.98. The minimum absolute atomic E-state index is 0.0126. The van der Waals surface area contributed by atoms with Crippen molar-refractivity contribution in [3.63, 3.8) is 0 Å². The van der Waals surface area contributed by atoms with Crippen LogP contribution >= 0.6 is 11.3 Å². The molecule has 0 radical (unpaired) electrons. The number of amides is 1. The predicted molar refractivity (Wildman–Crippen MR) is 80.5 cm³/mol. The maximum Gasteiger partial charge on any atom is 0.270 e. The van der Waals surface area contributed by atoms with Crippen molar-refractivity contribution < 1.29 is 9.18 Å². The number of carbonyl (C=O) groups excluding carboxylic acids is 1. The van der Waals surface area contributed by atoms with E-state index in [0.717, 1.165) is 12.8 Å². The third kappa shape index (κ3) is 3.28. The van der Waals surface area contributed by atoms with Gasteiger partial charge in [0, 0.05) is 23.5 Å². The highest BCUT2D eigenvalue weighted by atomic mass is 32.1. The number of carbonyl (C=O) groups is 1. The predicted octanol–water partition coefficient (Wildman–Crippen LogP) is 2.42. The van der Waals surface area contributed by atoms with Crippen LogP contribution in [0.2, 0.25) is 0 Å². The van der Waals surface area contributed by atoms with Gasteiger partial charge in [0.1, 0.15) is 16.5 Å². The van der Waals surface area contributed by atoms with Gasteiger partial charge in [-0.25, -0.2) is 9.37 Å². The average molecular weight is 305 g/mol. The van der Waals surface area contributed by atoms with Gasteiger partial charge >= 0.3 is 0 Å². The fraction of sp³-hybridized carbons (Fsp3) is 0.333. The maximum absolute atomic E-state index is 13.7. The highest BCUT2D eigenvalue weighted by molar-refractivity contribution is 7.13. The van der Waals surface area contributed by atoms with Crippen LogP contribution < -0.4 is 11.1 Å². The molecule has 1 heterocycles. The normalized spacial score (nSPS) is 15.7. The molecule has 110 valence electrons. The minimum Gasteiger partial charge on any atom is -0.349 e. The highest BCUT2D eigenvalue weighted by Gasteiger charge is 2.28. The molecule has 1 fully saturated rings. The van der Waals surface area contributed by atoms with Crippen molar-refractivity contribution in [1.82, 2.24) is 10.3 Å². The van der Waals surface area contributed by atoms with Crippen LogP contribution in [0.25, 0.3) is 10.6 Å². The van der Waals surface area contributed by atoms with Crippen molar-refractivity contribution in [3.05, 3.63) is 41.2 Å². The van der Waals surface area contributed by atoms with E-state index < -0.39 is 0 Å². The van der Waals surface area contributed by atoms with Gasteiger partial charge in [-0.05, 0) is 30.9 Å². The first-order chi connectivity index (χ1) is 10.1. The lowest BCUT2D eigenvalue weighted by Gasteiger charge is -2.10. The molecule has 1 saturated carbocycles. The molecule has 0 spiro atoms. The Morgan fingerprint density at radius 2 is 2.24 bits per heavy atom. The molecule has 1 unspecified atom stereocenters. The second kappa shape index (κ2) is 5.91. The molecule has 2 aromatic rings. The summed E-state index contributed by atoms with van der Waals surface area (Å²) in [5.74, 6) is -0.0609. The summed E-state index contributed by atoms with van der Waals surface area (Å²) in [5.41, 5.74) is 6.66. The van der Waals surface area contributed by atoms with E-state index in [0.29, 0.717) is 28.7 Å². The molecule has 3 N–H and O–H groups in total. The maximum atomic E-state index is 13.7. The van der Waals surface area contributed by atoms with Crippen LogP contribution in [0.4, 0.5) is 4.39 Å². The molecule has 21 heavy (non-hydrogen) atoms. The van der Waals surface area contributed by atoms with Gasteiger partial charge in [0.25, 0.3) is 5.91 Å². The lowest BCUT2D eigenvalue weighted by molar-refractivity contribution is 0.0946. The van der Waals surface area contributed by atoms with E-state index in [9.17, 15) is 9.18 Å². The molecule has 1 aliphatic carbocycles. The molecule has 0 bridgehead atoms. The Hall–Kier alpha value is -1.79. The van der Waals surface area contributed by atoms with E-state index in [1.54, 1.807) is 23.6 Å². The van der Waals surface area contributed by atoms with Crippen molar-refractivity contribution in [2.24, 2.45) is 11.7 Å². The second-order valence-electron chi connectivity index (χ2n) is 5.23. The summed E-state index contributed by atoms with van der Waals surface area (Å²) in [4.78, 5) is 16.2. The molecule has 0 aliphatic heterocycles. The molecule has 1 aromatic heterocycles. The topological polar surface area (TPSA) is 68.0 Å². The monoisotopic (exact) mass is 305 g/mol. The zero-order valence-electron chi connectivity index (χ0n) is 11.4. The molecule has 6 heteroatoms. The number of hydrogen-bond acceptors (Lipinski definition) is 4. The number of halogens is 1. The van der Waals surface area contributed by atoms with Crippen LogP contribution in [-0.2, 0) is 0 Å². The standard InChI is InChI=1S/C15H16FN3OS/c16-11-4-2-1-3-10(11)15-19-13(8-21-15)14(20)18-7-12(17)9-5-6-9/h1-4,8-9,12H,5-7,17H2,(H,18,20). The molecule has 4 nitrogen and oxygen atoms in total. The Bertz CT molecular complexity index is 654. The van der Waals surface area contributed by atoms with Crippen LogP contribution in [0, 0.1) is 11.7 Å². The van der Waals surface area contributed by atoms with E-state index in [1.165, 1.54) is 17.4 Å². The first kappa shape index (κ1) is 14.2. The van der Waals surface area contributed by atoms with E-state index in [-0.39, 0.29) is 17.8 Å². The Morgan fingerprint density at radius 3 is 2.95 bits per heavy atom. The zero-order valence-corrected chi connectivity index (χ0v) is 12.2. The Balaban J connectivity index is 1.66. The second-order valence-corrected chi connectivity index (χ2v) is 6.09. The molecule has 0 saturated heterocycles. The summed E-state index contributed by atoms with van der Waals surface area (Å²) < 4.78 is 13.7. The molecular formula is C15H16FN3OS. The number of nitrogens with two attached hydrogens (primary N) is 1. The fourth-order valence-corrected chi connectivity index (χ4v) is 2.96. The third-order valence-corrected chi connectivity index (χ3v) is 4.44. The largest absolute Gasteiger partial charge is 0.349 e. The quantitative estimate of drug-likeness (QED) is 0.891. The summed E-state index contributed by atoms with van der Waals surface area (Å²) in [6, 6.07) is 6.41. The average Bonchev–Trinajstić information content (AvgIpc) is 3.23. The number of nitrogens with zero attached hydrogens (tertiary/aromatic N) is 1. The van der Waals surface area contributed by atoms with Crippen LogP contribution in [0.5, 0.6) is 0 Å². The number of nitrogens with one attached hydrogen (secondary N) is 1. The summed E-state index contributed by atoms with van der Waals surface area (Å²) in [7, 11) is 0. The van der Waals surface area contributed by atoms with Crippen molar-refractivity contribution in [2.45, 2.75) is 18.9 Å². The summed E-state index contributed by atoms with van der Waals surface area (Å²) in [6.45, 7) is 0.454. The van der Waals surface area contributed by atoms with Crippen molar-refractivity contribution in [3.8, 4) is 10.6 Å². The third-order valence-electron chi connectivity index (χ3n) is 3.57. The van der Waals surface area contributed by atoms with Crippen LogP contribution in [0.3, 0.4) is 0 Å². The van der Waals surface area contributed by atoms with Gasteiger partial charge in [-0.1, -0.05) is 12.1 Å². The number of thiazole rings is 1. The summed E-state index contributed by atoms with van der Waals surface area (Å²) in [6.07, 6.45) is 2.29. The molecular weight excluding hydrogens is 289 g/mol. The van der Waals surface area contributed by atoms with Crippen LogP contribution in [-0.4, -0.2) is 23.5 Å². The highest BCUT2D eigenvalue weighted by Crippen LogP contribution is 2.31. The summed E-state index contributed by atoms with van der Waals surface area (Å²) >= 11 is 1.25. The molecule has 1 atom stereocenters. The van der Waals surface area contributed by atoms with Gasteiger partial charge in [0.2, 0.25) is 0 Å². The number of rotatable bonds is 5. The molecule has 1 aromatic carbocycles. The van der Waals surface area contributed by atoms with E-state index >= 15 is 0 Å². The fourth-order valence-electron chi connectivity index (χ4n) is 2.13. The first-order valence-corrected chi connectivity index (χ1v) is 7.77. The van der Waals surface area contributed by atoms with Gasteiger partial charge in [0.15, 0.2) is 0 Å². The van der Waals surface area contributed by atoms with E-state index in [1.807, 2.05) is 0 Å². The van der Waals surface area contributed by atoms with Gasteiger partial charge in [-0.2, -0.15) is 0 Å². The van der Waals surface area contributed by atoms with Gasteiger partial charge in [0.05, 0.1) is 0 Å². The van der Waals surface area contributed by atoms with Gasteiger partial charge in [-0.15, -0.1) is 11.3 Å². The van der Waals surface area contributed by atoms with Gasteiger partial charge in [-0.3, -0.25) is 4.79 Å². The van der Waals surface area contributed by atoms with Crippen LogP contribution in [0.1, 0.15) is 23.3 Å². The molecule has 1 amide bonds. The van der Waals surface area contributed by atoms with E-state index in [4.69, 9.17) is 5.73 Å².